The van der Waals surface area contributed by atoms with Gasteiger partial charge in [-0.1, -0.05) is 26.8 Å². The van der Waals surface area contributed by atoms with Gasteiger partial charge in [-0.2, -0.15) is 0 Å². The average Bonchev–Trinajstić information content (AvgIpc) is 1.79. The molecule has 0 aliphatic heterocycles. The molecule has 12 heavy (non-hydrogen) atoms. The van der Waals surface area contributed by atoms with Crippen LogP contribution >= 0.6 is 0 Å². The third kappa shape index (κ3) is 7.12. The molecule has 0 saturated carbocycles. The Morgan fingerprint density at radius 2 is 2.00 bits per heavy atom. The zero-order chi connectivity index (χ0) is 9.78. The normalized spacial score (nSPS) is 12.8. The highest BCUT2D eigenvalue weighted by Gasteiger charge is 2.06. The lowest BCUT2D eigenvalue weighted by atomic mass is 9.94. The van der Waals surface area contributed by atoms with Crippen LogP contribution in [0.3, 0.4) is 0 Å². The van der Waals surface area contributed by atoms with Crippen LogP contribution in [-0.2, 0) is 4.74 Å². The topological polar surface area (TPSA) is 46.5 Å². The van der Waals surface area contributed by atoms with Crippen molar-refractivity contribution in [3.63, 3.8) is 0 Å². The summed E-state index contributed by atoms with van der Waals surface area (Å²) in [6, 6.07) is 0. The number of carboxylic acid groups (broad SMARTS) is 1. The maximum atomic E-state index is 10.0. The third-order valence-corrected chi connectivity index (χ3v) is 1.10. The number of allylic oxidation sites excluding steroid dienone is 1. The molecule has 0 atom stereocenters. The van der Waals surface area contributed by atoms with Gasteiger partial charge in [0.15, 0.2) is 0 Å². The Bertz CT molecular complexity index is 186. The van der Waals surface area contributed by atoms with Gasteiger partial charge in [0, 0.05) is 0 Å². The number of carbonyl (C=O) groups is 1. The molecule has 70 valence electrons. The fourth-order valence-corrected chi connectivity index (χ4v) is 0.956. The summed E-state index contributed by atoms with van der Waals surface area (Å²) in [6.45, 7) is 8.17. The molecule has 0 bridgehead atoms. The zero-order valence-electron chi connectivity index (χ0n) is 8.05. The SMILES string of the molecule is CC(=CC(C)(C)C)COC(=O)O. The number of rotatable bonds is 2. The van der Waals surface area contributed by atoms with Crippen LogP contribution in [0.4, 0.5) is 4.79 Å². The highest BCUT2D eigenvalue weighted by atomic mass is 16.7. The van der Waals surface area contributed by atoms with Crippen LogP contribution in [0.25, 0.3) is 0 Å². The molecular formula is C9H16O3. The van der Waals surface area contributed by atoms with Crippen molar-refractivity contribution in [3.8, 4) is 0 Å². The number of hydrogen-bond acceptors (Lipinski definition) is 2. The molecule has 0 spiro atoms. The first-order valence-electron chi connectivity index (χ1n) is 3.85. The minimum atomic E-state index is -1.23. The van der Waals surface area contributed by atoms with Crippen molar-refractivity contribution in [1.82, 2.24) is 0 Å². The van der Waals surface area contributed by atoms with E-state index in [-0.39, 0.29) is 12.0 Å². The van der Waals surface area contributed by atoms with Crippen LogP contribution in [0.5, 0.6) is 0 Å². The summed E-state index contributed by atoms with van der Waals surface area (Å²) < 4.78 is 4.40. The van der Waals surface area contributed by atoms with Gasteiger partial charge in [-0.15, -0.1) is 0 Å². The third-order valence-electron chi connectivity index (χ3n) is 1.10. The van der Waals surface area contributed by atoms with Crippen LogP contribution in [0.15, 0.2) is 11.6 Å². The van der Waals surface area contributed by atoms with Gasteiger partial charge in [0.25, 0.3) is 0 Å². The van der Waals surface area contributed by atoms with Gasteiger partial charge in [0.1, 0.15) is 6.61 Å². The predicted octanol–water partition coefficient (Wildman–Crippen LogP) is 2.67. The van der Waals surface area contributed by atoms with E-state index in [1.165, 1.54) is 0 Å². The molecule has 0 aliphatic carbocycles. The van der Waals surface area contributed by atoms with Crippen molar-refractivity contribution in [3.05, 3.63) is 11.6 Å². The maximum Gasteiger partial charge on any atom is 0.506 e. The van der Waals surface area contributed by atoms with Crippen molar-refractivity contribution in [1.29, 1.82) is 0 Å². The summed E-state index contributed by atoms with van der Waals surface area (Å²) in [4.78, 5) is 10.0. The smallest absolute Gasteiger partial charge is 0.450 e. The lowest BCUT2D eigenvalue weighted by Crippen LogP contribution is -2.06. The molecule has 0 fully saturated rings. The van der Waals surface area contributed by atoms with Crippen LogP contribution < -0.4 is 0 Å². The Morgan fingerprint density at radius 3 is 2.33 bits per heavy atom. The molecular weight excluding hydrogens is 156 g/mol. The first-order valence-corrected chi connectivity index (χ1v) is 3.85. The van der Waals surface area contributed by atoms with E-state index in [4.69, 9.17) is 5.11 Å². The molecule has 0 rings (SSSR count). The highest BCUT2D eigenvalue weighted by Crippen LogP contribution is 2.17. The van der Waals surface area contributed by atoms with Gasteiger partial charge in [0.05, 0.1) is 0 Å². The summed E-state index contributed by atoms with van der Waals surface area (Å²) in [6.07, 6.45) is 0.771. The van der Waals surface area contributed by atoms with E-state index in [1.807, 2.05) is 13.0 Å². The summed E-state index contributed by atoms with van der Waals surface area (Å²) in [7, 11) is 0. The molecule has 0 radical (unpaired) electrons. The Kier molecular flexibility index (Phi) is 3.80. The van der Waals surface area contributed by atoms with Crippen LogP contribution in [0.2, 0.25) is 0 Å². The largest absolute Gasteiger partial charge is 0.506 e. The standard InChI is InChI=1S/C9H16O3/c1-7(5-9(2,3)4)6-12-8(10)11/h5H,6H2,1-4H3,(H,10,11). The van der Waals surface area contributed by atoms with Gasteiger partial charge in [-0.05, 0) is 17.9 Å². The molecule has 3 heteroatoms. The highest BCUT2D eigenvalue weighted by molar-refractivity contribution is 5.57. The molecule has 0 unspecified atom stereocenters. The van der Waals surface area contributed by atoms with Crippen LogP contribution in [0.1, 0.15) is 27.7 Å². The lowest BCUT2D eigenvalue weighted by molar-refractivity contribution is 0.0994. The van der Waals surface area contributed by atoms with Crippen molar-refractivity contribution in [2.45, 2.75) is 27.7 Å². The molecule has 3 nitrogen and oxygen atoms in total. The first kappa shape index (κ1) is 11.0. The predicted molar refractivity (Wildman–Crippen MR) is 47.2 cm³/mol. The molecule has 0 aliphatic rings. The quantitative estimate of drug-likeness (QED) is 0.514. The fourth-order valence-electron chi connectivity index (χ4n) is 0.956. The fraction of sp³-hybridized carbons (Fsp3) is 0.667. The molecule has 0 aromatic rings. The molecule has 0 amide bonds. The second kappa shape index (κ2) is 4.14. The monoisotopic (exact) mass is 172 g/mol. The minimum Gasteiger partial charge on any atom is -0.450 e. The number of ether oxygens (including phenoxy) is 1. The molecule has 0 aromatic carbocycles. The Labute approximate surface area is 73.0 Å². The summed E-state index contributed by atoms with van der Waals surface area (Å²) >= 11 is 0. The van der Waals surface area contributed by atoms with Crippen molar-refractivity contribution >= 4 is 6.16 Å². The van der Waals surface area contributed by atoms with E-state index in [9.17, 15) is 4.79 Å². The minimum absolute atomic E-state index is 0.0753. The van der Waals surface area contributed by atoms with E-state index in [0.717, 1.165) is 5.57 Å². The van der Waals surface area contributed by atoms with Gasteiger partial charge in [0.2, 0.25) is 0 Å². The Balaban J connectivity index is 3.95. The molecule has 0 heterocycles. The Hall–Kier alpha value is -0.990. The molecule has 0 aromatic heterocycles. The van der Waals surface area contributed by atoms with Crippen LogP contribution in [-0.4, -0.2) is 17.9 Å². The molecule has 0 saturated heterocycles. The second-order valence-corrected chi connectivity index (χ2v) is 3.91. The summed E-state index contributed by atoms with van der Waals surface area (Å²) in [5.74, 6) is 0. The van der Waals surface area contributed by atoms with Gasteiger partial charge in [-0.3, -0.25) is 0 Å². The van der Waals surface area contributed by atoms with E-state index in [1.54, 1.807) is 0 Å². The van der Waals surface area contributed by atoms with E-state index in [0.29, 0.717) is 0 Å². The maximum absolute atomic E-state index is 10.0. The first-order chi connectivity index (χ1) is 5.31. The Morgan fingerprint density at radius 1 is 1.50 bits per heavy atom. The van der Waals surface area contributed by atoms with E-state index < -0.39 is 6.16 Å². The zero-order valence-corrected chi connectivity index (χ0v) is 8.05. The molecule has 1 N–H and O–H groups in total. The van der Waals surface area contributed by atoms with Gasteiger partial charge < -0.3 is 9.84 Å². The van der Waals surface area contributed by atoms with Crippen molar-refractivity contribution in [2.24, 2.45) is 5.41 Å². The second-order valence-electron chi connectivity index (χ2n) is 3.91. The average molecular weight is 172 g/mol. The van der Waals surface area contributed by atoms with E-state index >= 15 is 0 Å². The number of hydrogen-bond donors (Lipinski definition) is 1. The van der Waals surface area contributed by atoms with Crippen LogP contribution in [0, 0.1) is 5.41 Å². The van der Waals surface area contributed by atoms with Gasteiger partial charge in [-0.25, -0.2) is 4.79 Å². The van der Waals surface area contributed by atoms with Gasteiger partial charge >= 0.3 is 6.16 Å². The summed E-state index contributed by atoms with van der Waals surface area (Å²) in [5, 5.41) is 8.21. The summed E-state index contributed by atoms with van der Waals surface area (Å²) in [5.41, 5.74) is 1.01. The van der Waals surface area contributed by atoms with Crippen molar-refractivity contribution in [2.75, 3.05) is 6.61 Å². The lowest BCUT2D eigenvalue weighted by Gasteiger charge is -2.13. The van der Waals surface area contributed by atoms with Crippen molar-refractivity contribution < 1.29 is 14.6 Å². The van der Waals surface area contributed by atoms with E-state index in [2.05, 4.69) is 25.5 Å².